The first-order valence-electron chi connectivity index (χ1n) is 5.61. The van der Waals surface area contributed by atoms with Gasteiger partial charge in [-0.2, -0.15) is 0 Å². The van der Waals surface area contributed by atoms with Crippen molar-refractivity contribution >= 4 is 17.0 Å². The monoisotopic (exact) mass is 262 g/mol. The number of nitro benzene ring substituents is 1. The lowest BCUT2D eigenvalue weighted by molar-refractivity contribution is -0.385. The minimum atomic E-state index is -0.358. The average Bonchev–Trinajstić information content (AvgIpc) is 2.76. The Labute approximate surface area is 109 Å². The highest BCUT2D eigenvalue weighted by atomic mass is 32.1. The smallest absolute Gasteiger partial charge is 0.272 e. The summed E-state index contributed by atoms with van der Waals surface area (Å²) in [4.78, 5) is 11.7. The van der Waals surface area contributed by atoms with Gasteiger partial charge < -0.3 is 5.73 Å². The Morgan fingerprint density at radius 1 is 1.39 bits per heavy atom. The van der Waals surface area contributed by atoms with Crippen LogP contribution in [-0.4, -0.2) is 4.92 Å². The lowest BCUT2D eigenvalue weighted by Gasteiger charge is -2.11. The van der Waals surface area contributed by atoms with Crippen LogP contribution in [-0.2, 0) is 6.42 Å². The molecule has 1 heterocycles. The molecular weight excluding hydrogens is 248 g/mol. The molecule has 1 aromatic heterocycles. The Bertz CT molecular complexity index is 566. The minimum Gasteiger partial charge on any atom is -0.323 e. The van der Waals surface area contributed by atoms with Crippen LogP contribution in [0.25, 0.3) is 0 Å². The summed E-state index contributed by atoms with van der Waals surface area (Å²) < 4.78 is 0. The maximum atomic E-state index is 10.9. The van der Waals surface area contributed by atoms with Crippen molar-refractivity contribution in [2.24, 2.45) is 5.73 Å². The van der Waals surface area contributed by atoms with Crippen molar-refractivity contribution in [2.45, 2.75) is 19.4 Å². The zero-order chi connectivity index (χ0) is 13.1. The summed E-state index contributed by atoms with van der Waals surface area (Å²) >= 11 is 1.60. The molecule has 0 saturated heterocycles. The number of nitrogens with zero attached hydrogens (tertiary/aromatic N) is 1. The molecule has 0 radical (unpaired) electrons. The Kier molecular flexibility index (Phi) is 3.74. The second-order valence-corrected chi connectivity index (χ2v) is 5.11. The number of hydrogen-bond acceptors (Lipinski definition) is 4. The summed E-state index contributed by atoms with van der Waals surface area (Å²) in [6.07, 6.45) is 0.485. The molecule has 0 bridgehead atoms. The zero-order valence-corrected chi connectivity index (χ0v) is 10.8. The SMILES string of the molecule is Cc1ccsc1[C@H](N)Cc1ccccc1[N+](=O)[O-]. The van der Waals surface area contributed by atoms with E-state index >= 15 is 0 Å². The highest BCUT2D eigenvalue weighted by Crippen LogP contribution is 2.28. The first-order valence-corrected chi connectivity index (χ1v) is 6.49. The standard InChI is InChI=1S/C13H14N2O2S/c1-9-6-7-18-13(9)11(14)8-10-4-2-3-5-12(10)15(16)17/h2-7,11H,8,14H2,1H3/t11-/m1/s1. The van der Waals surface area contributed by atoms with Crippen molar-refractivity contribution in [3.63, 3.8) is 0 Å². The molecular formula is C13H14N2O2S. The van der Waals surface area contributed by atoms with Gasteiger partial charge in [-0.05, 0) is 30.4 Å². The highest BCUT2D eigenvalue weighted by molar-refractivity contribution is 7.10. The Hall–Kier alpha value is -1.72. The number of thiophene rings is 1. The van der Waals surface area contributed by atoms with E-state index in [0.717, 1.165) is 10.4 Å². The highest BCUT2D eigenvalue weighted by Gasteiger charge is 2.17. The molecule has 5 heteroatoms. The van der Waals surface area contributed by atoms with Crippen LogP contribution < -0.4 is 5.73 Å². The molecule has 0 aliphatic heterocycles. The van der Waals surface area contributed by atoms with E-state index in [9.17, 15) is 10.1 Å². The molecule has 1 aromatic carbocycles. The van der Waals surface area contributed by atoms with E-state index < -0.39 is 0 Å². The molecule has 0 aliphatic carbocycles. The Morgan fingerprint density at radius 2 is 2.11 bits per heavy atom. The molecule has 18 heavy (non-hydrogen) atoms. The maximum absolute atomic E-state index is 10.9. The third kappa shape index (κ3) is 2.57. The predicted octanol–water partition coefficient (Wildman–Crippen LogP) is 3.21. The van der Waals surface area contributed by atoms with Crippen molar-refractivity contribution in [3.05, 3.63) is 61.8 Å². The average molecular weight is 262 g/mol. The molecule has 0 unspecified atom stereocenters. The molecule has 94 valence electrons. The molecule has 0 aliphatic rings. The quantitative estimate of drug-likeness (QED) is 0.679. The van der Waals surface area contributed by atoms with Gasteiger partial charge in [-0.1, -0.05) is 18.2 Å². The van der Waals surface area contributed by atoms with Crippen molar-refractivity contribution < 1.29 is 4.92 Å². The van der Waals surface area contributed by atoms with Crippen LogP contribution in [0.1, 0.15) is 22.0 Å². The molecule has 0 spiro atoms. The summed E-state index contributed by atoms with van der Waals surface area (Å²) in [6.45, 7) is 2.01. The van der Waals surface area contributed by atoms with Gasteiger partial charge in [-0.15, -0.1) is 11.3 Å². The molecule has 0 saturated carbocycles. The van der Waals surface area contributed by atoms with Gasteiger partial charge in [-0.3, -0.25) is 10.1 Å². The summed E-state index contributed by atoms with van der Waals surface area (Å²) in [5, 5.41) is 12.9. The second-order valence-electron chi connectivity index (χ2n) is 4.16. The van der Waals surface area contributed by atoms with Crippen LogP contribution in [0.15, 0.2) is 35.7 Å². The van der Waals surface area contributed by atoms with Crippen LogP contribution in [0.3, 0.4) is 0 Å². The summed E-state index contributed by atoms with van der Waals surface area (Å²) in [6, 6.07) is 8.58. The number of nitrogens with two attached hydrogens (primary N) is 1. The molecule has 0 fully saturated rings. The minimum absolute atomic E-state index is 0.141. The van der Waals surface area contributed by atoms with Gasteiger partial charge in [0.2, 0.25) is 0 Å². The maximum Gasteiger partial charge on any atom is 0.272 e. The molecule has 2 N–H and O–H groups in total. The van der Waals surface area contributed by atoms with Crippen molar-refractivity contribution in [1.29, 1.82) is 0 Å². The second kappa shape index (κ2) is 5.29. The van der Waals surface area contributed by atoms with Gasteiger partial charge in [0.05, 0.1) is 4.92 Å². The van der Waals surface area contributed by atoms with E-state index in [4.69, 9.17) is 5.73 Å². The van der Waals surface area contributed by atoms with E-state index in [-0.39, 0.29) is 16.7 Å². The summed E-state index contributed by atoms with van der Waals surface area (Å²) in [7, 11) is 0. The fourth-order valence-electron chi connectivity index (χ4n) is 1.96. The topological polar surface area (TPSA) is 69.2 Å². The fourth-order valence-corrected chi connectivity index (χ4v) is 2.89. The summed E-state index contributed by atoms with van der Waals surface area (Å²) in [5.74, 6) is 0. The van der Waals surface area contributed by atoms with Gasteiger partial charge in [0, 0.05) is 22.5 Å². The Morgan fingerprint density at radius 3 is 2.72 bits per heavy atom. The lowest BCUT2D eigenvalue weighted by Crippen LogP contribution is -2.13. The number of aryl methyl sites for hydroxylation is 1. The van der Waals surface area contributed by atoms with E-state index in [1.807, 2.05) is 18.4 Å². The van der Waals surface area contributed by atoms with Crippen molar-refractivity contribution in [3.8, 4) is 0 Å². The van der Waals surface area contributed by atoms with Crippen LogP contribution in [0.4, 0.5) is 5.69 Å². The fraction of sp³-hybridized carbons (Fsp3) is 0.231. The lowest BCUT2D eigenvalue weighted by atomic mass is 10.0. The predicted molar refractivity (Wildman–Crippen MR) is 72.8 cm³/mol. The first-order chi connectivity index (χ1) is 8.59. The number of rotatable bonds is 4. The molecule has 2 rings (SSSR count). The van der Waals surface area contributed by atoms with E-state index in [1.165, 1.54) is 6.07 Å². The Balaban J connectivity index is 2.25. The number of hydrogen-bond donors (Lipinski definition) is 1. The molecule has 1 atom stereocenters. The van der Waals surface area contributed by atoms with Gasteiger partial charge in [0.25, 0.3) is 5.69 Å². The first kappa shape index (κ1) is 12.7. The third-order valence-corrected chi connectivity index (χ3v) is 4.02. The molecule has 2 aromatic rings. The van der Waals surface area contributed by atoms with Crippen molar-refractivity contribution in [1.82, 2.24) is 0 Å². The number of benzene rings is 1. The van der Waals surface area contributed by atoms with Gasteiger partial charge in [0.1, 0.15) is 0 Å². The normalized spacial score (nSPS) is 12.3. The third-order valence-electron chi connectivity index (χ3n) is 2.87. The van der Waals surface area contributed by atoms with Crippen LogP contribution >= 0.6 is 11.3 Å². The van der Waals surface area contributed by atoms with Crippen LogP contribution in [0, 0.1) is 17.0 Å². The largest absolute Gasteiger partial charge is 0.323 e. The van der Waals surface area contributed by atoms with Crippen LogP contribution in [0.5, 0.6) is 0 Å². The molecule has 4 nitrogen and oxygen atoms in total. The number of para-hydroxylation sites is 1. The van der Waals surface area contributed by atoms with Crippen LogP contribution in [0.2, 0.25) is 0 Å². The van der Waals surface area contributed by atoms with Gasteiger partial charge in [0.15, 0.2) is 0 Å². The zero-order valence-electron chi connectivity index (χ0n) is 10.00. The van der Waals surface area contributed by atoms with E-state index in [2.05, 4.69) is 0 Å². The van der Waals surface area contributed by atoms with E-state index in [0.29, 0.717) is 12.0 Å². The van der Waals surface area contributed by atoms with Gasteiger partial charge in [-0.25, -0.2) is 0 Å². The summed E-state index contributed by atoms with van der Waals surface area (Å²) in [5.41, 5.74) is 8.10. The number of nitro groups is 1. The van der Waals surface area contributed by atoms with Gasteiger partial charge >= 0.3 is 0 Å². The van der Waals surface area contributed by atoms with E-state index in [1.54, 1.807) is 29.5 Å². The molecule has 0 amide bonds. The van der Waals surface area contributed by atoms with Crippen molar-refractivity contribution in [2.75, 3.05) is 0 Å².